The summed E-state index contributed by atoms with van der Waals surface area (Å²) in [6, 6.07) is 12.2. The Morgan fingerprint density at radius 1 is 1.04 bits per heavy atom. The summed E-state index contributed by atoms with van der Waals surface area (Å²) in [5.41, 5.74) is 2.88. The van der Waals surface area contributed by atoms with Crippen LogP contribution in [0.1, 0.15) is 11.1 Å². The molecule has 2 aromatic rings. The topological polar surface area (TPSA) is 69.7 Å². The van der Waals surface area contributed by atoms with Gasteiger partial charge in [-0.05, 0) is 43.2 Å². The number of hydrogen-bond donors (Lipinski definition) is 1. The normalized spacial score (nSPS) is 16.1. The van der Waals surface area contributed by atoms with E-state index in [1.54, 1.807) is 18.2 Å². The minimum absolute atomic E-state index is 0.0939. The van der Waals surface area contributed by atoms with E-state index in [9.17, 15) is 13.2 Å². The maximum atomic E-state index is 12.8. The molecular weight excluding hydrogens is 398 g/mol. The van der Waals surface area contributed by atoms with Gasteiger partial charge in [0.2, 0.25) is 15.9 Å². The third kappa shape index (κ3) is 4.72. The lowest BCUT2D eigenvalue weighted by Gasteiger charge is -2.33. The zero-order valence-electron chi connectivity index (χ0n) is 16.0. The molecule has 1 aliphatic heterocycles. The molecule has 1 saturated heterocycles. The number of sulfonamides is 1. The number of hydrogen-bond acceptors (Lipinski definition) is 4. The first-order valence-electron chi connectivity index (χ1n) is 9.11. The van der Waals surface area contributed by atoms with Gasteiger partial charge in [0.1, 0.15) is 0 Å². The second-order valence-electron chi connectivity index (χ2n) is 6.95. The first kappa shape index (κ1) is 20.8. The lowest BCUT2D eigenvalue weighted by molar-refractivity contribution is -0.117. The standard InChI is InChI=1S/C20H24ClN3O3S/c1-15-5-3-6-16(2)20(15)22-19(25)14-23-9-11-24(12-10-23)28(26,27)18-8-4-7-17(21)13-18/h3-8,13H,9-12,14H2,1-2H3,(H,22,25). The number of carbonyl (C=O) groups is 1. The molecule has 1 aliphatic rings. The number of carbonyl (C=O) groups excluding carboxylic acids is 1. The fourth-order valence-corrected chi connectivity index (χ4v) is 5.02. The van der Waals surface area contributed by atoms with Gasteiger partial charge in [0.25, 0.3) is 0 Å². The van der Waals surface area contributed by atoms with Gasteiger partial charge in [-0.3, -0.25) is 9.69 Å². The van der Waals surface area contributed by atoms with Crippen LogP contribution in [0.25, 0.3) is 0 Å². The highest BCUT2D eigenvalue weighted by atomic mass is 35.5. The Labute approximate surface area is 171 Å². The van der Waals surface area contributed by atoms with E-state index in [0.717, 1.165) is 16.8 Å². The zero-order chi connectivity index (χ0) is 20.3. The molecule has 1 heterocycles. The van der Waals surface area contributed by atoms with Gasteiger partial charge in [0.15, 0.2) is 0 Å². The second-order valence-corrected chi connectivity index (χ2v) is 9.33. The van der Waals surface area contributed by atoms with E-state index < -0.39 is 10.0 Å². The number of para-hydroxylation sites is 1. The summed E-state index contributed by atoms with van der Waals surface area (Å²) in [6.07, 6.45) is 0. The molecule has 0 spiro atoms. The number of amides is 1. The van der Waals surface area contributed by atoms with Crippen molar-refractivity contribution in [1.82, 2.24) is 9.21 Å². The molecule has 0 unspecified atom stereocenters. The Kier molecular flexibility index (Phi) is 6.40. The number of piperazine rings is 1. The fourth-order valence-electron chi connectivity index (χ4n) is 3.30. The maximum absolute atomic E-state index is 12.8. The summed E-state index contributed by atoms with van der Waals surface area (Å²) in [5.74, 6) is -0.0939. The number of halogens is 1. The predicted molar refractivity (Wildman–Crippen MR) is 111 cm³/mol. The Morgan fingerprint density at radius 3 is 2.25 bits per heavy atom. The Bertz CT molecular complexity index is 950. The van der Waals surface area contributed by atoms with Crippen LogP contribution >= 0.6 is 11.6 Å². The van der Waals surface area contributed by atoms with Gasteiger partial charge in [-0.2, -0.15) is 4.31 Å². The van der Waals surface area contributed by atoms with Crippen LogP contribution < -0.4 is 5.32 Å². The highest BCUT2D eigenvalue weighted by Gasteiger charge is 2.29. The summed E-state index contributed by atoms with van der Waals surface area (Å²) < 4.78 is 27.0. The number of benzene rings is 2. The van der Waals surface area contributed by atoms with Crippen molar-refractivity contribution in [3.63, 3.8) is 0 Å². The molecule has 150 valence electrons. The number of aryl methyl sites for hydroxylation is 2. The zero-order valence-corrected chi connectivity index (χ0v) is 17.6. The lowest BCUT2D eigenvalue weighted by atomic mass is 10.1. The molecule has 2 aromatic carbocycles. The van der Waals surface area contributed by atoms with E-state index in [2.05, 4.69) is 5.32 Å². The van der Waals surface area contributed by atoms with E-state index in [4.69, 9.17) is 11.6 Å². The van der Waals surface area contributed by atoms with Crippen molar-refractivity contribution in [2.24, 2.45) is 0 Å². The molecule has 0 atom stereocenters. The smallest absolute Gasteiger partial charge is 0.243 e. The summed E-state index contributed by atoms with van der Waals surface area (Å²) in [5, 5.41) is 3.36. The van der Waals surface area contributed by atoms with Crippen LogP contribution in [0.15, 0.2) is 47.4 Å². The summed E-state index contributed by atoms with van der Waals surface area (Å²) in [4.78, 5) is 14.6. The van der Waals surface area contributed by atoms with Crippen molar-refractivity contribution in [3.05, 3.63) is 58.6 Å². The van der Waals surface area contributed by atoms with E-state index in [-0.39, 0.29) is 17.3 Å². The summed E-state index contributed by atoms with van der Waals surface area (Å²) >= 11 is 5.92. The fraction of sp³-hybridized carbons (Fsp3) is 0.350. The molecule has 0 saturated carbocycles. The van der Waals surface area contributed by atoms with Crippen LogP contribution in [-0.2, 0) is 14.8 Å². The van der Waals surface area contributed by atoms with E-state index in [1.165, 1.54) is 10.4 Å². The quantitative estimate of drug-likeness (QED) is 0.805. The predicted octanol–water partition coefficient (Wildman–Crippen LogP) is 2.90. The molecule has 3 rings (SSSR count). The van der Waals surface area contributed by atoms with Crippen molar-refractivity contribution in [3.8, 4) is 0 Å². The Hall–Kier alpha value is -1.93. The minimum atomic E-state index is -3.57. The van der Waals surface area contributed by atoms with Crippen LogP contribution in [0, 0.1) is 13.8 Å². The number of nitrogens with one attached hydrogen (secondary N) is 1. The molecule has 1 N–H and O–H groups in total. The molecule has 1 fully saturated rings. The molecule has 6 nitrogen and oxygen atoms in total. The first-order valence-corrected chi connectivity index (χ1v) is 10.9. The van der Waals surface area contributed by atoms with Gasteiger partial charge in [-0.15, -0.1) is 0 Å². The Morgan fingerprint density at radius 2 is 1.64 bits per heavy atom. The molecule has 0 radical (unpaired) electrons. The third-order valence-electron chi connectivity index (χ3n) is 4.88. The lowest BCUT2D eigenvalue weighted by Crippen LogP contribution is -2.50. The molecule has 0 bridgehead atoms. The third-order valence-corrected chi connectivity index (χ3v) is 7.01. The van der Waals surface area contributed by atoms with Crippen LogP contribution in [0.2, 0.25) is 5.02 Å². The van der Waals surface area contributed by atoms with Gasteiger partial charge >= 0.3 is 0 Å². The number of rotatable bonds is 5. The average molecular weight is 422 g/mol. The van der Waals surface area contributed by atoms with E-state index in [1.807, 2.05) is 36.9 Å². The molecule has 0 aliphatic carbocycles. The summed E-state index contributed by atoms with van der Waals surface area (Å²) in [6.45, 7) is 5.83. The highest BCUT2D eigenvalue weighted by Crippen LogP contribution is 2.21. The van der Waals surface area contributed by atoms with Gasteiger partial charge in [-0.1, -0.05) is 35.9 Å². The number of nitrogens with zero attached hydrogens (tertiary/aromatic N) is 2. The largest absolute Gasteiger partial charge is 0.324 e. The average Bonchev–Trinajstić information content (AvgIpc) is 2.65. The summed E-state index contributed by atoms with van der Waals surface area (Å²) in [7, 11) is -3.57. The monoisotopic (exact) mass is 421 g/mol. The SMILES string of the molecule is Cc1cccc(C)c1NC(=O)CN1CCN(S(=O)(=O)c2cccc(Cl)c2)CC1. The van der Waals surface area contributed by atoms with Crippen molar-refractivity contribution in [2.45, 2.75) is 18.7 Å². The van der Waals surface area contributed by atoms with Gasteiger partial charge in [0.05, 0.1) is 11.4 Å². The van der Waals surface area contributed by atoms with Crippen LogP contribution in [0.3, 0.4) is 0 Å². The van der Waals surface area contributed by atoms with Gasteiger partial charge in [-0.25, -0.2) is 8.42 Å². The van der Waals surface area contributed by atoms with Crippen LogP contribution in [-0.4, -0.2) is 56.3 Å². The van der Waals surface area contributed by atoms with E-state index >= 15 is 0 Å². The van der Waals surface area contributed by atoms with Crippen LogP contribution in [0.4, 0.5) is 5.69 Å². The second kappa shape index (κ2) is 8.61. The van der Waals surface area contributed by atoms with Gasteiger partial charge in [0, 0.05) is 36.9 Å². The van der Waals surface area contributed by atoms with E-state index in [0.29, 0.717) is 31.2 Å². The van der Waals surface area contributed by atoms with Crippen molar-refractivity contribution in [2.75, 3.05) is 38.0 Å². The first-order chi connectivity index (χ1) is 13.3. The highest BCUT2D eigenvalue weighted by molar-refractivity contribution is 7.89. The number of anilines is 1. The van der Waals surface area contributed by atoms with Crippen molar-refractivity contribution >= 4 is 33.2 Å². The van der Waals surface area contributed by atoms with Crippen LogP contribution in [0.5, 0.6) is 0 Å². The molecule has 8 heteroatoms. The van der Waals surface area contributed by atoms with Crippen molar-refractivity contribution < 1.29 is 13.2 Å². The van der Waals surface area contributed by atoms with Crippen molar-refractivity contribution in [1.29, 1.82) is 0 Å². The minimum Gasteiger partial charge on any atom is -0.324 e. The Balaban J connectivity index is 1.57. The molecular formula is C20H24ClN3O3S. The molecule has 28 heavy (non-hydrogen) atoms. The van der Waals surface area contributed by atoms with Gasteiger partial charge < -0.3 is 5.32 Å². The maximum Gasteiger partial charge on any atom is 0.243 e. The molecule has 1 amide bonds. The molecule has 0 aromatic heterocycles.